The van der Waals surface area contributed by atoms with Gasteiger partial charge in [-0.3, -0.25) is 0 Å². The number of hydrogen-bond donors (Lipinski definition) is 0. The molecule has 4 nitrogen and oxygen atoms in total. The maximum absolute atomic E-state index is 12.3. The fourth-order valence-electron chi connectivity index (χ4n) is 3.50. The van der Waals surface area contributed by atoms with Crippen LogP contribution in [0.25, 0.3) is 10.9 Å². The van der Waals surface area contributed by atoms with Crippen molar-refractivity contribution in [3.05, 3.63) is 69.3 Å². The van der Waals surface area contributed by atoms with Crippen molar-refractivity contribution in [1.82, 2.24) is 4.57 Å². The number of rotatable bonds is 2. The van der Waals surface area contributed by atoms with Gasteiger partial charge >= 0.3 is 5.97 Å². The van der Waals surface area contributed by atoms with E-state index in [-0.39, 0.29) is 10.6 Å². The van der Waals surface area contributed by atoms with E-state index in [1.807, 2.05) is 12.1 Å². The lowest BCUT2D eigenvalue weighted by molar-refractivity contribution is 0.0515. The standard InChI is InChI=1S/C20H16Cl2N2O2/c1-24-17-7-3-2-5-14(17)19-16(6-4-8-18(19)24)23-26-20(25)13-10-9-12(21)11-15(13)22/h2-3,5,7,9-11H,4,6,8H2,1H3/b23-16-. The number of carbonyl (C=O) groups is 1. The Hall–Kier alpha value is -2.30. The molecule has 0 atom stereocenters. The number of para-hydroxylation sites is 1. The minimum atomic E-state index is -0.591. The van der Waals surface area contributed by atoms with Gasteiger partial charge in [-0.25, -0.2) is 4.79 Å². The quantitative estimate of drug-likeness (QED) is 0.438. The number of fused-ring (bicyclic) bond motifs is 3. The van der Waals surface area contributed by atoms with Gasteiger partial charge in [-0.05, 0) is 43.5 Å². The van der Waals surface area contributed by atoms with Gasteiger partial charge in [0.1, 0.15) is 0 Å². The molecule has 0 spiro atoms. The van der Waals surface area contributed by atoms with Gasteiger partial charge < -0.3 is 9.40 Å². The van der Waals surface area contributed by atoms with Crippen LogP contribution in [0.3, 0.4) is 0 Å². The van der Waals surface area contributed by atoms with Crippen LogP contribution < -0.4 is 0 Å². The lowest BCUT2D eigenvalue weighted by Crippen LogP contribution is -2.14. The van der Waals surface area contributed by atoms with E-state index in [0.717, 1.165) is 41.4 Å². The molecular weight excluding hydrogens is 371 g/mol. The van der Waals surface area contributed by atoms with Crippen LogP contribution in [0.15, 0.2) is 47.6 Å². The molecular formula is C20H16Cl2N2O2. The third kappa shape index (κ3) is 2.89. The molecule has 0 amide bonds. The van der Waals surface area contributed by atoms with Crippen LogP contribution in [0.4, 0.5) is 0 Å². The predicted octanol–water partition coefficient (Wildman–Crippen LogP) is 5.38. The molecule has 0 N–H and O–H groups in total. The molecule has 3 aromatic rings. The number of benzene rings is 2. The average molecular weight is 387 g/mol. The van der Waals surface area contributed by atoms with Crippen molar-refractivity contribution in [1.29, 1.82) is 0 Å². The third-order valence-electron chi connectivity index (χ3n) is 4.73. The van der Waals surface area contributed by atoms with Crippen LogP contribution in [0, 0.1) is 0 Å². The summed E-state index contributed by atoms with van der Waals surface area (Å²) in [6, 6.07) is 12.8. The molecule has 26 heavy (non-hydrogen) atoms. The number of oxime groups is 1. The first-order chi connectivity index (χ1) is 12.6. The molecule has 1 aliphatic carbocycles. The fraction of sp³-hybridized carbons (Fsp3) is 0.200. The normalized spacial score (nSPS) is 15.3. The van der Waals surface area contributed by atoms with E-state index < -0.39 is 5.97 Å². The Bertz CT molecular complexity index is 1050. The second-order valence-corrected chi connectivity index (χ2v) is 7.14. The van der Waals surface area contributed by atoms with Crippen LogP contribution in [0.2, 0.25) is 10.0 Å². The lowest BCUT2D eigenvalue weighted by atomic mass is 9.93. The molecule has 1 aliphatic rings. The van der Waals surface area contributed by atoms with Gasteiger partial charge in [0.05, 0.1) is 16.3 Å². The second kappa shape index (κ2) is 6.78. The maximum Gasteiger partial charge on any atom is 0.367 e. The number of nitrogens with zero attached hydrogens (tertiary/aromatic N) is 2. The van der Waals surface area contributed by atoms with Crippen molar-refractivity contribution in [3.63, 3.8) is 0 Å². The molecule has 1 heterocycles. The first-order valence-corrected chi connectivity index (χ1v) is 9.12. The number of aryl methyl sites for hydroxylation is 1. The summed E-state index contributed by atoms with van der Waals surface area (Å²) < 4.78 is 2.19. The minimum Gasteiger partial charge on any atom is -0.347 e. The molecule has 4 rings (SSSR count). The molecule has 0 aliphatic heterocycles. The van der Waals surface area contributed by atoms with Crippen molar-refractivity contribution >= 4 is 45.8 Å². The van der Waals surface area contributed by atoms with Crippen LogP contribution in [0.5, 0.6) is 0 Å². The molecule has 2 aromatic carbocycles. The van der Waals surface area contributed by atoms with E-state index >= 15 is 0 Å². The topological polar surface area (TPSA) is 43.6 Å². The summed E-state index contributed by atoms with van der Waals surface area (Å²) >= 11 is 11.9. The molecule has 6 heteroatoms. The summed E-state index contributed by atoms with van der Waals surface area (Å²) in [7, 11) is 2.06. The average Bonchev–Trinajstić information content (AvgIpc) is 2.93. The van der Waals surface area contributed by atoms with Gasteiger partial charge in [0.25, 0.3) is 0 Å². The van der Waals surface area contributed by atoms with Crippen LogP contribution in [0.1, 0.15) is 34.5 Å². The van der Waals surface area contributed by atoms with Crippen LogP contribution in [-0.2, 0) is 18.3 Å². The summed E-state index contributed by atoms with van der Waals surface area (Å²) in [6.07, 6.45) is 2.72. The van der Waals surface area contributed by atoms with Gasteiger partial charge in [-0.1, -0.05) is 46.6 Å². The summed E-state index contributed by atoms with van der Waals surface area (Å²) in [4.78, 5) is 17.6. The minimum absolute atomic E-state index is 0.245. The number of aromatic nitrogens is 1. The van der Waals surface area contributed by atoms with Gasteiger partial charge in [0.15, 0.2) is 0 Å². The summed E-state index contributed by atoms with van der Waals surface area (Å²) in [5.74, 6) is -0.591. The number of hydrogen-bond acceptors (Lipinski definition) is 3. The van der Waals surface area contributed by atoms with Crippen molar-refractivity contribution in [2.45, 2.75) is 19.3 Å². The molecule has 132 valence electrons. The Morgan fingerprint density at radius 2 is 1.96 bits per heavy atom. The van der Waals surface area contributed by atoms with Crippen LogP contribution >= 0.6 is 23.2 Å². The first-order valence-electron chi connectivity index (χ1n) is 8.36. The van der Waals surface area contributed by atoms with Crippen molar-refractivity contribution in [2.75, 3.05) is 0 Å². The summed E-state index contributed by atoms with van der Waals surface area (Å²) in [5.41, 5.74) is 4.48. The zero-order valence-corrected chi connectivity index (χ0v) is 15.6. The van der Waals surface area contributed by atoms with Crippen LogP contribution in [-0.4, -0.2) is 16.2 Å². The highest BCUT2D eigenvalue weighted by atomic mass is 35.5. The molecule has 0 bridgehead atoms. The molecule has 0 saturated carbocycles. The van der Waals surface area contributed by atoms with Crippen molar-refractivity contribution in [3.8, 4) is 0 Å². The Morgan fingerprint density at radius 1 is 1.15 bits per heavy atom. The Kier molecular flexibility index (Phi) is 4.47. The first kappa shape index (κ1) is 17.1. The molecule has 0 saturated heterocycles. The largest absolute Gasteiger partial charge is 0.367 e. The van der Waals surface area contributed by atoms with Crippen molar-refractivity contribution < 1.29 is 9.63 Å². The van der Waals surface area contributed by atoms with E-state index in [1.165, 1.54) is 17.8 Å². The maximum atomic E-state index is 12.3. The zero-order chi connectivity index (χ0) is 18.3. The van der Waals surface area contributed by atoms with Crippen molar-refractivity contribution in [2.24, 2.45) is 12.2 Å². The molecule has 0 unspecified atom stereocenters. The highest BCUT2D eigenvalue weighted by Gasteiger charge is 2.24. The SMILES string of the molecule is Cn1c2c(c3ccccc31)/C(=N\OC(=O)c1ccc(Cl)cc1Cl)CCC2. The van der Waals surface area contributed by atoms with Gasteiger partial charge in [-0.2, -0.15) is 0 Å². The van der Waals surface area contributed by atoms with E-state index in [1.54, 1.807) is 6.07 Å². The van der Waals surface area contributed by atoms with E-state index in [2.05, 4.69) is 28.9 Å². The zero-order valence-electron chi connectivity index (χ0n) is 14.1. The van der Waals surface area contributed by atoms with Gasteiger partial charge in [0, 0.05) is 34.2 Å². The third-order valence-corrected chi connectivity index (χ3v) is 5.28. The molecule has 0 radical (unpaired) electrons. The summed E-state index contributed by atoms with van der Waals surface area (Å²) in [6.45, 7) is 0. The highest BCUT2D eigenvalue weighted by Crippen LogP contribution is 2.32. The predicted molar refractivity (Wildman–Crippen MR) is 104 cm³/mol. The highest BCUT2D eigenvalue weighted by molar-refractivity contribution is 6.36. The Balaban J connectivity index is 1.70. The molecule has 0 fully saturated rings. The van der Waals surface area contributed by atoms with Gasteiger partial charge in [0.2, 0.25) is 0 Å². The summed E-state index contributed by atoms with van der Waals surface area (Å²) in [5, 5.41) is 6.03. The van der Waals surface area contributed by atoms with E-state index in [4.69, 9.17) is 28.0 Å². The smallest absolute Gasteiger partial charge is 0.347 e. The monoisotopic (exact) mass is 386 g/mol. The lowest BCUT2D eigenvalue weighted by Gasteiger charge is -2.15. The number of halogens is 2. The second-order valence-electron chi connectivity index (χ2n) is 6.29. The van der Waals surface area contributed by atoms with E-state index in [9.17, 15) is 4.79 Å². The Morgan fingerprint density at radius 3 is 2.77 bits per heavy atom. The van der Waals surface area contributed by atoms with Gasteiger partial charge in [-0.15, -0.1) is 0 Å². The fourth-order valence-corrected chi connectivity index (χ4v) is 3.99. The molecule has 1 aromatic heterocycles. The van der Waals surface area contributed by atoms with E-state index in [0.29, 0.717) is 5.02 Å². The Labute approximate surface area is 161 Å². The number of carbonyl (C=O) groups excluding carboxylic acids is 1.